The Morgan fingerprint density at radius 2 is 2.21 bits per heavy atom. The zero-order valence-electron chi connectivity index (χ0n) is 11.9. The van der Waals surface area contributed by atoms with E-state index in [0.717, 1.165) is 19.4 Å². The van der Waals surface area contributed by atoms with E-state index in [4.69, 9.17) is 9.84 Å². The molecule has 2 N–H and O–H groups in total. The number of carbonyl (C=O) groups is 2. The molecule has 0 spiro atoms. The number of amides is 2. The molecule has 1 aliphatic heterocycles. The topological polar surface area (TPSA) is 78.9 Å². The van der Waals surface area contributed by atoms with Gasteiger partial charge in [0.1, 0.15) is 6.54 Å². The van der Waals surface area contributed by atoms with E-state index in [1.165, 1.54) is 4.90 Å². The molecule has 1 aliphatic rings. The number of carboxylic acids is 1. The smallest absolute Gasteiger partial charge is 0.323 e. The second kappa shape index (κ2) is 6.75. The van der Waals surface area contributed by atoms with Gasteiger partial charge >= 0.3 is 12.0 Å². The monoisotopic (exact) mass is 272 g/mol. The van der Waals surface area contributed by atoms with Crippen molar-refractivity contribution in [1.82, 2.24) is 10.2 Å². The van der Waals surface area contributed by atoms with Crippen molar-refractivity contribution < 1.29 is 19.4 Å². The number of nitrogens with one attached hydrogen (secondary N) is 1. The fraction of sp³-hybridized carbons (Fsp3) is 0.846. The van der Waals surface area contributed by atoms with Crippen LogP contribution < -0.4 is 5.32 Å². The van der Waals surface area contributed by atoms with E-state index in [1.54, 1.807) is 0 Å². The number of carbonyl (C=O) groups excluding carboxylic acids is 1. The third kappa shape index (κ3) is 4.70. The van der Waals surface area contributed by atoms with Gasteiger partial charge in [-0.3, -0.25) is 4.79 Å². The second-order valence-electron chi connectivity index (χ2n) is 5.43. The predicted molar refractivity (Wildman–Crippen MR) is 71.1 cm³/mol. The second-order valence-corrected chi connectivity index (χ2v) is 5.43. The summed E-state index contributed by atoms with van der Waals surface area (Å²) in [6.45, 7) is 6.62. The first-order chi connectivity index (χ1) is 8.88. The summed E-state index contributed by atoms with van der Waals surface area (Å²) in [4.78, 5) is 24.5. The molecule has 2 unspecified atom stereocenters. The van der Waals surface area contributed by atoms with E-state index < -0.39 is 11.5 Å². The molecule has 0 bridgehead atoms. The molecular formula is C13H24N2O4. The summed E-state index contributed by atoms with van der Waals surface area (Å²) in [6, 6.07) is -0.436. The summed E-state index contributed by atoms with van der Waals surface area (Å²) in [5.74, 6) is -1.000. The number of aliphatic carboxylic acids is 1. The van der Waals surface area contributed by atoms with Crippen LogP contribution in [0, 0.1) is 0 Å². The molecule has 6 nitrogen and oxygen atoms in total. The number of carboxylic acid groups (broad SMARTS) is 1. The molecule has 0 radical (unpaired) electrons. The average Bonchev–Trinajstić information content (AvgIpc) is 2.35. The zero-order chi connectivity index (χ0) is 14.5. The quantitative estimate of drug-likeness (QED) is 0.794. The lowest BCUT2D eigenvalue weighted by Crippen LogP contribution is -2.57. The molecule has 1 fully saturated rings. The van der Waals surface area contributed by atoms with Crippen LogP contribution in [0.4, 0.5) is 4.79 Å². The first kappa shape index (κ1) is 15.8. The van der Waals surface area contributed by atoms with Crippen molar-refractivity contribution in [3.63, 3.8) is 0 Å². The van der Waals surface area contributed by atoms with Gasteiger partial charge in [0, 0.05) is 12.6 Å². The Kier molecular flexibility index (Phi) is 5.60. The summed E-state index contributed by atoms with van der Waals surface area (Å²) >= 11 is 0. The Morgan fingerprint density at radius 3 is 2.68 bits per heavy atom. The molecule has 2 amide bonds. The maximum absolute atomic E-state index is 12.2. The third-order valence-electron chi connectivity index (χ3n) is 3.54. The van der Waals surface area contributed by atoms with E-state index >= 15 is 0 Å². The molecule has 1 rings (SSSR count). The molecule has 0 aromatic heterocycles. The van der Waals surface area contributed by atoms with Gasteiger partial charge in [-0.1, -0.05) is 6.92 Å². The van der Waals surface area contributed by atoms with Crippen LogP contribution >= 0.6 is 0 Å². The summed E-state index contributed by atoms with van der Waals surface area (Å²) in [6.07, 6.45) is 2.47. The van der Waals surface area contributed by atoms with Gasteiger partial charge in [0.05, 0.1) is 12.1 Å². The fourth-order valence-corrected chi connectivity index (χ4v) is 2.16. The molecule has 0 aromatic carbocycles. The van der Waals surface area contributed by atoms with Gasteiger partial charge < -0.3 is 20.1 Å². The van der Waals surface area contributed by atoms with Crippen molar-refractivity contribution in [2.75, 3.05) is 19.8 Å². The minimum atomic E-state index is -1.000. The number of hydrogen-bond acceptors (Lipinski definition) is 3. The first-order valence-electron chi connectivity index (χ1n) is 6.76. The molecule has 0 saturated carbocycles. The summed E-state index contributed by atoms with van der Waals surface area (Å²) in [5, 5.41) is 11.8. The molecule has 6 heteroatoms. The zero-order valence-corrected chi connectivity index (χ0v) is 11.9. The number of urea groups is 1. The standard InChI is InChI=1S/C13H24N2O4/c1-4-10(2)15(8-11(16)17)12(18)14-13(3)6-5-7-19-9-13/h10H,4-9H2,1-3H3,(H,14,18)(H,16,17). The van der Waals surface area contributed by atoms with E-state index in [0.29, 0.717) is 13.0 Å². The Morgan fingerprint density at radius 1 is 1.53 bits per heavy atom. The molecule has 2 atom stereocenters. The van der Waals surface area contributed by atoms with E-state index in [-0.39, 0.29) is 18.6 Å². The summed E-state index contributed by atoms with van der Waals surface area (Å²) < 4.78 is 5.38. The van der Waals surface area contributed by atoms with Crippen molar-refractivity contribution in [2.24, 2.45) is 0 Å². The van der Waals surface area contributed by atoms with E-state index in [1.807, 2.05) is 20.8 Å². The maximum atomic E-state index is 12.2. The van der Waals surface area contributed by atoms with Crippen LogP contribution in [-0.2, 0) is 9.53 Å². The lowest BCUT2D eigenvalue weighted by molar-refractivity contribution is -0.138. The van der Waals surface area contributed by atoms with Crippen LogP contribution in [0.5, 0.6) is 0 Å². The molecule has 110 valence electrons. The predicted octanol–water partition coefficient (Wildman–Crippen LogP) is 1.45. The molecule has 19 heavy (non-hydrogen) atoms. The molecule has 1 heterocycles. The maximum Gasteiger partial charge on any atom is 0.323 e. The third-order valence-corrected chi connectivity index (χ3v) is 3.54. The van der Waals surface area contributed by atoms with Crippen LogP contribution in [0.15, 0.2) is 0 Å². The van der Waals surface area contributed by atoms with Crippen LogP contribution in [0.2, 0.25) is 0 Å². The normalized spacial score (nSPS) is 24.6. The minimum Gasteiger partial charge on any atom is -0.480 e. The van der Waals surface area contributed by atoms with Crippen molar-refractivity contribution in [3.8, 4) is 0 Å². The highest BCUT2D eigenvalue weighted by atomic mass is 16.5. The Bertz CT molecular complexity index is 327. The van der Waals surface area contributed by atoms with Gasteiger partial charge in [-0.05, 0) is 33.1 Å². The van der Waals surface area contributed by atoms with Crippen LogP contribution in [-0.4, -0.2) is 53.3 Å². The lowest BCUT2D eigenvalue weighted by atomic mass is 9.95. The molecule has 0 aromatic rings. The highest BCUT2D eigenvalue weighted by Gasteiger charge is 2.32. The number of hydrogen-bond donors (Lipinski definition) is 2. The Labute approximate surface area is 114 Å². The lowest BCUT2D eigenvalue weighted by Gasteiger charge is -2.37. The largest absolute Gasteiger partial charge is 0.480 e. The van der Waals surface area contributed by atoms with Gasteiger partial charge in [-0.15, -0.1) is 0 Å². The number of ether oxygens (including phenoxy) is 1. The van der Waals surface area contributed by atoms with Crippen molar-refractivity contribution >= 4 is 12.0 Å². The van der Waals surface area contributed by atoms with Crippen LogP contribution in [0.25, 0.3) is 0 Å². The van der Waals surface area contributed by atoms with Crippen molar-refractivity contribution in [2.45, 2.75) is 51.6 Å². The highest BCUT2D eigenvalue weighted by molar-refractivity contribution is 5.80. The number of rotatable bonds is 5. The first-order valence-corrected chi connectivity index (χ1v) is 6.76. The van der Waals surface area contributed by atoms with Crippen molar-refractivity contribution in [1.29, 1.82) is 0 Å². The Balaban J connectivity index is 2.67. The summed E-state index contributed by atoms with van der Waals surface area (Å²) in [5.41, 5.74) is -0.403. The molecule has 0 aliphatic carbocycles. The number of nitrogens with zero attached hydrogens (tertiary/aromatic N) is 1. The Hall–Kier alpha value is -1.30. The van der Waals surface area contributed by atoms with Gasteiger partial charge in [0.2, 0.25) is 0 Å². The average molecular weight is 272 g/mol. The van der Waals surface area contributed by atoms with Gasteiger partial charge in [-0.2, -0.15) is 0 Å². The van der Waals surface area contributed by atoms with Gasteiger partial charge in [0.15, 0.2) is 0 Å². The van der Waals surface area contributed by atoms with E-state index in [9.17, 15) is 9.59 Å². The molecular weight excluding hydrogens is 248 g/mol. The van der Waals surface area contributed by atoms with Crippen molar-refractivity contribution in [3.05, 3.63) is 0 Å². The summed E-state index contributed by atoms with van der Waals surface area (Å²) in [7, 11) is 0. The van der Waals surface area contributed by atoms with Gasteiger partial charge in [-0.25, -0.2) is 4.79 Å². The van der Waals surface area contributed by atoms with Crippen LogP contribution in [0.3, 0.4) is 0 Å². The van der Waals surface area contributed by atoms with E-state index in [2.05, 4.69) is 5.32 Å². The molecule has 1 saturated heterocycles. The fourth-order valence-electron chi connectivity index (χ4n) is 2.16. The highest BCUT2D eigenvalue weighted by Crippen LogP contribution is 2.19. The van der Waals surface area contributed by atoms with Gasteiger partial charge in [0.25, 0.3) is 0 Å². The SMILES string of the molecule is CCC(C)N(CC(=O)O)C(=O)NC1(C)CCCOC1. The van der Waals surface area contributed by atoms with Crippen LogP contribution in [0.1, 0.15) is 40.0 Å². The minimum absolute atomic E-state index is 0.107.